The molecule has 2 aromatic carbocycles. The molecule has 15 heteroatoms. The maximum Gasteiger partial charge on any atom is 0.321 e. The summed E-state index contributed by atoms with van der Waals surface area (Å²) in [5, 5.41) is 2.32. The molecule has 1 saturated heterocycles. The van der Waals surface area contributed by atoms with Crippen LogP contribution in [-0.4, -0.2) is 96.3 Å². The SMILES string of the molecule is COc1ccc(CN2CCCCC/C=C\[C@H]3C[C@@]3(C(=O)NS(=O)(=O)C3CC3)NC(=O)[C@@H]3C[C@@H](Oc4cc(-c5ccccc5)nc(OC)n4)CN3C2=O)cc1. The second-order valence-electron chi connectivity index (χ2n) is 14.4. The average Bonchev–Trinajstić information content (AvgIpc) is 4.11. The number of carbonyl (C=O) groups excluding carboxylic acids is 3. The van der Waals surface area contributed by atoms with Crippen molar-refractivity contribution in [3.8, 4) is 28.9 Å². The first-order chi connectivity index (χ1) is 26.1. The Morgan fingerprint density at radius 3 is 2.50 bits per heavy atom. The van der Waals surface area contributed by atoms with Crippen LogP contribution in [0, 0.1) is 5.92 Å². The molecule has 3 aromatic rings. The molecule has 4 atom stereocenters. The number of sulfonamides is 1. The summed E-state index contributed by atoms with van der Waals surface area (Å²) in [5.41, 5.74) is 0.835. The highest BCUT2D eigenvalue weighted by atomic mass is 32.2. The van der Waals surface area contributed by atoms with Crippen LogP contribution in [0.25, 0.3) is 11.3 Å². The highest BCUT2D eigenvalue weighted by Crippen LogP contribution is 2.46. The topological polar surface area (TPSA) is 169 Å². The van der Waals surface area contributed by atoms with Gasteiger partial charge in [0.1, 0.15) is 23.4 Å². The molecule has 4 aliphatic rings. The van der Waals surface area contributed by atoms with Crippen LogP contribution in [0.1, 0.15) is 56.9 Å². The van der Waals surface area contributed by atoms with Crippen molar-refractivity contribution in [1.82, 2.24) is 29.8 Å². The molecule has 3 fully saturated rings. The van der Waals surface area contributed by atoms with Crippen LogP contribution in [-0.2, 0) is 26.2 Å². The van der Waals surface area contributed by atoms with E-state index < -0.39 is 50.7 Å². The number of benzene rings is 2. The van der Waals surface area contributed by atoms with Gasteiger partial charge in [0, 0.05) is 37.1 Å². The third-order valence-corrected chi connectivity index (χ3v) is 12.3. The number of hydrogen-bond acceptors (Lipinski definition) is 10. The first-order valence-electron chi connectivity index (χ1n) is 18.5. The minimum absolute atomic E-state index is 0.0572. The number of hydrogen-bond donors (Lipinski definition) is 2. The van der Waals surface area contributed by atoms with E-state index in [1.165, 1.54) is 12.0 Å². The number of allylic oxidation sites excluding steroid dienone is 1. The van der Waals surface area contributed by atoms with Crippen molar-refractivity contribution in [3.63, 3.8) is 0 Å². The molecule has 286 valence electrons. The predicted octanol–water partition coefficient (Wildman–Crippen LogP) is 4.22. The molecule has 54 heavy (non-hydrogen) atoms. The van der Waals surface area contributed by atoms with E-state index in [9.17, 15) is 22.8 Å². The normalized spacial score (nSPS) is 25.3. The quantitative estimate of drug-likeness (QED) is 0.286. The molecule has 3 heterocycles. The summed E-state index contributed by atoms with van der Waals surface area (Å²) in [6.45, 7) is 0.820. The predicted molar refractivity (Wildman–Crippen MR) is 199 cm³/mol. The highest BCUT2D eigenvalue weighted by Gasteiger charge is 2.62. The molecular formula is C39H46N6O8S. The number of nitrogens with zero attached hydrogens (tertiary/aromatic N) is 4. The van der Waals surface area contributed by atoms with Crippen molar-refractivity contribution in [2.75, 3.05) is 27.3 Å². The summed E-state index contributed by atoms with van der Waals surface area (Å²) in [6, 6.07) is 17.4. The summed E-state index contributed by atoms with van der Waals surface area (Å²) in [4.78, 5) is 54.9. The zero-order chi connectivity index (χ0) is 37.9. The lowest BCUT2D eigenvalue weighted by atomic mass is 10.1. The van der Waals surface area contributed by atoms with Gasteiger partial charge >= 0.3 is 12.0 Å². The van der Waals surface area contributed by atoms with Crippen LogP contribution >= 0.6 is 0 Å². The Kier molecular flexibility index (Phi) is 10.8. The summed E-state index contributed by atoms with van der Waals surface area (Å²) < 4.78 is 45.1. The number of amides is 4. The maximum atomic E-state index is 14.6. The number of urea groups is 1. The van der Waals surface area contributed by atoms with E-state index in [0.717, 1.165) is 36.8 Å². The molecule has 7 rings (SSSR count). The lowest BCUT2D eigenvalue weighted by Gasteiger charge is -2.32. The van der Waals surface area contributed by atoms with E-state index in [1.54, 1.807) is 18.1 Å². The molecular weight excluding hydrogens is 713 g/mol. The van der Waals surface area contributed by atoms with Crippen molar-refractivity contribution in [1.29, 1.82) is 0 Å². The zero-order valence-corrected chi connectivity index (χ0v) is 31.3. The standard InChI is InChI=1S/C39H46N6O8S/c1-51-29-16-14-26(15-17-29)24-44-20-10-5-3-4-9-13-28-23-39(28,36(47)43-54(49,50)31-18-19-31)42-35(46)33-21-30(25-45(33)38(44)48)53-34-22-32(40-37(41-34)52-2)27-11-7-6-8-12-27/h6-9,11-17,22,28,30-31,33H,3-5,10,18-21,23-25H2,1-2H3,(H,42,46)(H,43,47)/b13-9-/t28-,30+,33-,39+/m0/s1. The van der Waals surface area contributed by atoms with Gasteiger partial charge in [-0.15, -0.1) is 0 Å². The first kappa shape index (κ1) is 37.1. The van der Waals surface area contributed by atoms with Gasteiger partial charge in [-0.3, -0.25) is 14.3 Å². The van der Waals surface area contributed by atoms with Crippen molar-refractivity contribution in [3.05, 3.63) is 78.4 Å². The number of rotatable bonds is 10. The van der Waals surface area contributed by atoms with Crippen molar-refractivity contribution in [2.45, 2.75) is 80.8 Å². The van der Waals surface area contributed by atoms with Gasteiger partial charge in [-0.1, -0.05) is 61.0 Å². The largest absolute Gasteiger partial charge is 0.497 e. The number of nitrogens with one attached hydrogen (secondary N) is 2. The fourth-order valence-electron chi connectivity index (χ4n) is 7.17. The first-order valence-corrected chi connectivity index (χ1v) is 20.0. The van der Waals surface area contributed by atoms with Crippen molar-refractivity contribution < 1.29 is 37.0 Å². The van der Waals surface area contributed by atoms with Crippen LogP contribution in [0.2, 0.25) is 0 Å². The summed E-state index contributed by atoms with van der Waals surface area (Å²) in [6.07, 6.45) is 7.78. The third-order valence-electron chi connectivity index (χ3n) is 10.5. The molecule has 2 aliphatic carbocycles. The van der Waals surface area contributed by atoms with Crippen LogP contribution in [0.3, 0.4) is 0 Å². The number of ether oxygens (including phenoxy) is 3. The van der Waals surface area contributed by atoms with Gasteiger partial charge in [-0.2, -0.15) is 9.97 Å². The molecule has 2 saturated carbocycles. The number of fused-ring (bicyclic) bond motifs is 2. The van der Waals surface area contributed by atoms with Gasteiger partial charge in [0.2, 0.25) is 21.8 Å². The van der Waals surface area contributed by atoms with Gasteiger partial charge in [0.05, 0.1) is 31.7 Å². The van der Waals surface area contributed by atoms with E-state index in [2.05, 4.69) is 20.0 Å². The van der Waals surface area contributed by atoms with Gasteiger partial charge < -0.3 is 29.3 Å². The Bertz CT molecular complexity index is 1990. The molecule has 2 aliphatic heterocycles. The molecule has 0 radical (unpaired) electrons. The molecule has 1 aromatic heterocycles. The zero-order valence-electron chi connectivity index (χ0n) is 30.5. The second kappa shape index (κ2) is 15.7. The Hall–Kier alpha value is -5.18. The summed E-state index contributed by atoms with van der Waals surface area (Å²) in [5.74, 6) is -0.800. The fraction of sp³-hybridized carbons (Fsp3) is 0.462. The van der Waals surface area contributed by atoms with Gasteiger partial charge in [0.25, 0.3) is 5.91 Å². The maximum absolute atomic E-state index is 14.6. The van der Waals surface area contributed by atoms with Crippen LogP contribution in [0.5, 0.6) is 17.6 Å². The Labute approximate surface area is 315 Å². The van der Waals surface area contributed by atoms with E-state index in [1.807, 2.05) is 66.7 Å². The molecule has 0 bridgehead atoms. The molecule has 0 spiro atoms. The summed E-state index contributed by atoms with van der Waals surface area (Å²) >= 11 is 0. The van der Waals surface area contributed by atoms with E-state index in [4.69, 9.17) is 14.2 Å². The lowest BCUT2D eigenvalue weighted by molar-refractivity contribution is -0.131. The monoisotopic (exact) mass is 758 g/mol. The minimum Gasteiger partial charge on any atom is -0.497 e. The molecule has 14 nitrogen and oxygen atoms in total. The Morgan fingerprint density at radius 2 is 1.78 bits per heavy atom. The average molecular weight is 759 g/mol. The number of aromatic nitrogens is 2. The molecule has 4 amide bonds. The van der Waals surface area contributed by atoms with Crippen molar-refractivity contribution >= 4 is 27.9 Å². The van der Waals surface area contributed by atoms with E-state index in [-0.39, 0.29) is 37.3 Å². The van der Waals surface area contributed by atoms with Crippen LogP contribution in [0.15, 0.2) is 72.8 Å². The summed E-state index contributed by atoms with van der Waals surface area (Å²) in [7, 11) is -0.811. The van der Waals surface area contributed by atoms with Crippen molar-refractivity contribution in [2.24, 2.45) is 5.92 Å². The van der Waals surface area contributed by atoms with E-state index >= 15 is 0 Å². The van der Waals surface area contributed by atoms with Gasteiger partial charge in [-0.05, 0) is 56.2 Å². The smallest absolute Gasteiger partial charge is 0.321 e. The Morgan fingerprint density at radius 1 is 1.00 bits per heavy atom. The van der Waals surface area contributed by atoms with Crippen LogP contribution < -0.4 is 24.2 Å². The molecule has 0 unspecified atom stereocenters. The second-order valence-corrected chi connectivity index (χ2v) is 16.3. The Balaban J connectivity index is 1.19. The highest BCUT2D eigenvalue weighted by molar-refractivity contribution is 7.91. The third kappa shape index (κ3) is 8.30. The van der Waals surface area contributed by atoms with E-state index in [0.29, 0.717) is 37.4 Å². The van der Waals surface area contributed by atoms with Gasteiger partial charge in [-0.25, -0.2) is 13.2 Å². The lowest BCUT2D eigenvalue weighted by Crippen LogP contribution is -2.57. The number of carbonyl (C=O) groups is 3. The van der Waals surface area contributed by atoms with Crippen LogP contribution in [0.4, 0.5) is 4.79 Å². The number of methoxy groups -OCH3 is 2. The minimum atomic E-state index is -3.87. The van der Waals surface area contributed by atoms with Gasteiger partial charge in [0.15, 0.2) is 0 Å². The fourth-order valence-corrected chi connectivity index (χ4v) is 8.53. The molecule has 2 N–H and O–H groups in total.